The Morgan fingerprint density at radius 3 is 2.57 bits per heavy atom. The summed E-state index contributed by atoms with van der Waals surface area (Å²) < 4.78 is 5.55. The van der Waals surface area contributed by atoms with E-state index < -0.39 is 0 Å². The molecular formula is C24H27N3O3. The number of benzene rings is 1. The van der Waals surface area contributed by atoms with Gasteiger partial charge in [0.05, 0.1) is 18.8 Å². The fourth-order valence-electron chi connectivity index (χ4n) is 3.59. The zero-order valence-corrected chi connectivity index (χ0v) is 17.3. The van der Waals surface area contributed by atoms with Gasteiger partial charge in [-0.15, -0.1) is 6.42 Å². The van der Waals surface area contributed by atoms with Crippen molar-refractivity contribution in [2.75, 3.05) is 26.2 Å². The van der Waals surface area contributed by atoms with E-state index >= 15 is 0 Å². The molecule has 30 heavy (non-hydrogen) atoms. The zero-order chi connectivity index (χ0) is 21.3. The predicted octanol–water partition coefficient (Wildman–Crippen LogP) is 2.67. The van der Waals surface area contributed by atoms with Crippen LogP contribution in [0.15, 0.2) is 48.5 Å². The molecule has 1 aromatic carbocycles. The molecule has 156 valence electrons. The maximum Gasteiger partial charge on any atom is 0.260 e. The number of amides is 2. The molecule has 0 bridgehead atoms. The van der Waals surface area contributed by atoms with Crippen molar-refractivity contribution >= 4 is 11.8 Å². The van der Waals surface area contributed by atoms with Crippen LogP contribution in [0.2, 0.25) is 0 Å². The number of terminal acetylenes is 1. The number of hydrogen-bond acceptors (Lipinski definition) is 4. The van der Waals surface area contributed by atoms with Crippen molar-refractivity contribution < 1.29 is 14.3 Å². The molecule has 6 nitrogen and oxygen atoms in total. The van der Waals surface area contributed by atoms with Gasteiger partial charge in [-0.3, -0.25) is 14.6 Å². The van der Waals surface area contributed by atoms with Crippen LogP contribution in [0.4, 0.5) is 0 Å². The van der Waals surface area contributed by atoms with Crippen LogP contribution in [0.25, 0.3) is 0 Å². The second-order valence-electron chi connectivity index (χ2n) is 7.43. The minimum atomic E-state index is -0.137. The lowest BCUT2D eigenvalue weighted by atomic mass is 9.95. The van der Waals surface area contributed by atoms with Crippen molar-refractivity contribution in [1.82, 2.24) is 14.8 Å². The van der Waals surface area contributed by atoms with Crippen LogP contribution in [0, 0.1) is 25.2 Å². The molecule has 2 amide bonds. The van der Waals surface area contributed by atoms with Crippen LogP contribution < -0.4 is 4.74 Å². The third-order valence-electron chi connectivity index (χ3n) is 5.20. The number of rotatable bonds is 7. The molecule has 1 aliphatic heterocycles. The monoisotopic (exact) mass is 405 g/mol. The van der Waals surface area contributed by atoms with Gasteiger partial charge in [-0.25, -0.2) is 0 Å². The molecule has 1 aliphatic rings. The van der Waals surface area contributed by atoms with E-state index in [-0.39, 0.29) is 30.9 Å². The lowest BCUT2D eigenvalue weighted by Gasteiger charge is -2.33. The molecule has 0 radical (unpaired) electrons. The summed E-state index contributed by atoms with van der Waals surface area (Å²) in [4.78, 5) is 33.4. The number of piperidine rings is 1. The molecular weight excluding hydrogens is 378 g/mol. The second kappa shape index (κ2) is 10.4. The molecule has 0 spiro atoms. The van der Waals surface area contributed by atoms with E-state index in [9.17, 15) is 9.59 Å². The minimum absolute atomic E-state index is 0.00483. The largest absolute Gasteiger partial charge is 0.484 e. The molecule has 1 saturated heterocycles. The highest BCUT2D eigenvalue weighted by Crippen LogP contribution is 2.21. The first-order valence-corrected chi connectivity index (χ1v) is 10.2. The normalized spacial score (nSPS) is 14.1. The van der Waals surface area contributed by atoms with Crippen LogP contribution in [-0.2, 0) is 16.1 Å². The van der Waals surface area contributed by atoms with Crippen molar-refractivity contribution in [2.24, 2.45) is 5.92 Å². The second-order valence-corrected chi connectivity index (χ2v) is 7.43. The zero-order valence-electron chi connectivity index (χ0n) is 17.3. The van der Waals surface area contributed by atoms with E-state index in [0.29, 0.717) is 38.2 Å². The molecule has 2 heterocycles. The number of ether oxygens (including phenoxy) is 1. The van der Waals surface area contributed by atoms with Gasteiger partial charge in [-0.2, -0.15) is 0 Å². The third kappa shape index (κ3) is 5.84. The smallest absolute Gasteiger partial charge is 0.260 e. The number of aromatic nitrogens is 1. The van der Waals surface area contributed by atoms with E-state index in [1.165, 1.54) is 0 Å². The van der Waals surface area contributed by atoms with Crippen LogP contribution in [0.5, 0.6) is 5.75 Å². The number of para-hydroxylation sites is 1. The Bertz CT molecular complexity index is 899. The van der Waals surface area contributed by atoms with E-state index in [1.54, 1.807) is 9.80 Å². The number of pyridine rings is 1. The summed E-state index contributed by atoms with van der Waals surface area (Å²) >= 11 is 0. The van der Waals surface area contributed by atoms with E-state index in [1.807, 2.05) is 55.5 Å². The van der Waals surface area contributed by atoms with Crippen molar-refractivity contribution in [1.29, 1.82) is 0 Å². The van der Waals surface area contributed by atoms with Crippen LogP contribution in [-0.4, -0.2) is 52.8 Å². The van der Waals surface area contributed by atoms with E-state index in [4.69, 9.17) is 11.2 Å². The summed E-state index contributed by atoms with van der Waals surface area (Å²) in [6.45, 7) is 3.66. The van der Waals surface area contributed by atoms with Crippen LogP contribution >= 0.6 is 0 Å². The Hall–Kier alpha value is -3.33. The Kier molecular flexibility index (Phi) is 7.45. The molecule has 0 saturated carbocycles. The van der Waals surface area contributed by atoms with Gasteiger partial charge in [0.2, 0.25) is 5.91 Å². The SMILES string of the molecule is C#CCN(Cc1cccc(C)n1)C(=O)C1CCN(C(=O)COc2ccccc2)CC1. The average Bonchev–Trinajstić information content (AvgIpc) is 2.77. The fraction of sp³-hybridized carbons (Fsp3) is 0.375. The van der Waals surface area contributed by atoms with E-state index in [2.05, 4.69) is 10.9 Å². The third-order valence-corrected chi connectivity index (χ3v) is 5.20. The Morgan fingerprint density at radius 2 is 1.90 bits per heavy atom. The highest BCUT2D eigenvalue weighted by molar-refractivity contribution is 5.81. The quantitative estimate of drug-likeness (QED) is 0.665. The number of aryl methyl sites for hydroxylation is 1. The summed E-state index contributed by atoms with van der Waals surface area (Å²) in [6, 6.07) is 15.0. The van der Waals surface area contributed by atoms with Crippen molar-refractivity contribution in [3.63, 3.8) is 0 Å². The van der Waals surface area contributed by atoms with Crippen LogP contribution in [0.1, 0.15) is 24.2 Å². The van der Waals surface area contributed by atoms with Gasteiger partial charge in [0.1, 0.15) is 5.75 Å². The fourth-order valence-corrected chi connectivity index (χ4v) is 3.59. The van der Waals surface area contributed by atoms with Gasteiger partial charge >= 0.3 is 0 Å². The molecule has 1 aromatic heterocycles. The number of carbonyl (C=O) groups excluding carboxylic acids is 2. The van der Waals surface area contributed by atoms with Crippen molar-refractivity contribution in [3.05, 3.63) is 59.9 Å². The van der Waals surface area contributed by atoms with Gasteiger partial charge in [-0.05, 0) is 44.0 Å². The van der Waals surface area contributed by atoms with Crippen molar-refractivity contribution in [3.8, 4) is 18.1 Å². The molecule has 0 aliphatic carbocycles. The van der Waals surface area contributed by atoms with Gasteiger partial charge in [0, 0.05) is 24.7 Å². The minimum Gasteiger partial charge on any atom is -0.484 e. The first-order chi connectivity index (χ1) is 14.6. The predicted molar refractivity (Wildman–Crippen MR) is 114 cm³/mol. The first kappa shape index (κ1) is 21.4. The number of hydrogen-bond donors (Lipinski definition) is 0. The first-order valence-electron chi connectivity index (χ1n) is 10.2. The summed E-state index contributed by atoms with van der Waals surface area (Å²) in [5.74, 6) is 3.08. The van der Waals surface area contributed by atoms with Crippen molar-refractivity contribution in [2.45, 2.75) is 26.3 Å². The van der Waals surface area contributed by atoms with Crippen LogP contribution in [0.3, 0.4) is 0 Å². The molecule has 2 aromatic rings. The maximum absolute atomic E-state index is 13.0. The molecule has 6 heteroatoms. The molecule has 0 unspecified atom stereocenters. The highest BCUT2D eigenvalue weighted by Gasteiger charge is 2.30. The summed E-state index contributed by atoms with van der Waals surface area (Å²) in [5.41, 5.74) is 1.73. The Morgan fingerprint density at radius 1 is 1.17 bits per heavy atom. The highest BCUT2D eigenvalue weighted by atomic mass is 16.5. The lowest BCUT2D eigenvalue weighted by molar-refractivity contribution is -0.141. The average molecular weight is 405 g/mol. The van der Waals surface area contributed by atoms with E-state index in [0.717, 1.165) is 11.4 Å². The molecule has 3 rings (SSSR count). The summed E-state index contributed by atoms with van der Waals surface area (Å²) in [6.07, 6.45) is 6.74. The number of carbonyl (C=O) groups is 2. The maximum atomic E-state index is 13.0. The molecule has 1 fully saturated rings. The summed E-state index contributed by atoms with van der Waals surface area (Å²) in [5, 5.41) is 0. The molecule has 0 atom stereocenters. The topological polar surface area (TPSA) is 62.7 Å². The van der Waals surface area contributed by atoms with Gasteiger partial charge in [-0.1, -0.05) is 30.2 Å². The Labute approximate surface area is 177 Å². The lowest BCUT2D eigenvalue weighted by Crippen LogP contribution is -2.45. The Balaban J connectivity index is 1.51. The van der Waals surface area contributed by atoms with Gasteiger partial charge in [0.25, 0.3) is 5.91 Å². The summed E-state index contributed by atoms with van der Waals surface area (Å²) in [7, 11) is 0. The number of likely N-dealkylation sites (tertiary alicyclic amines) is 1. The van der Waals surface area contributed by atoms with Gasteiger partial charge < -0.3 is 14.5 Å². The molecule has 0 N–H and O–H groups in total. The van der Waals surface area contributed by atoms with Gasteiger partial charge in [0.15, 0.2) is 6.61 Å². The standard InChI is InChI=1S/C24H27N3O3/c1-3-14-27(17-21-9-7-8-19(2)25-21)24(29)20-12-15-26(16-13-20)23(28)18-30-22-10-5-4-6-11-22/h1,4-11,20H,12-18H2,2H3. The number of nitrogens with zero attached hydrogens (tertiary/aromatic N) is 3.